The summed E-state index contributed by atoms with van der Waals surface area (Å²) in [5.74, 6) is -0.127. The number of aryl methyl sites for hydroxylation is 3. The number of unbranched alkanes of at least 4 members (excludes halogenated alkanes) is 2. The second-order valence-corrected chi connectivity index (χ2v) is 7.83. The highest BCUT2D eigenvalue weighted by molar-refractivity contribution is 5.91. The van der Waals surface area contributed by atoms with Crippen LogP contribution >= 0.6 is 0 Å². The fourth-order valence-corrected chi connectivity index (χ4v) is 3.75. The van der Waals surface area contributed by atoms with Gasteiger partial charge in [-0.3, -0.25) is 10.2 Å². The lowest BCUT2D eigenvalue weighted by Crippen LogP contribution is -2.36. The number of aromatic nitrogens is 1. The third kappa shape index (κ3) is 6.33. The average Bonchev–Trinajstić information content (AvgIpc) is 3.08. The van der Waals surface area contributed by atoms with E-state index < -0.39 is 0 Å². The van der Waals surface area contributed by atoms with Gasteiger partial charge in [0.1, 0.15) is 0 Å². The van der Waals surface area contributed by atoms with Gasteiger partial charge in [-0.05, 0) is 67.9 Å². The van der Waals surface area contributed by atoms with Crippen LogP contribution in [0.5, 0.6) is 0 Å². The molecule has 2 aromatic carbocycles. The maximum atomic E-state index is 11.7. The van der Waals surface area contributed by atoms with E-state index in [9.17, 15) is 4.79 Å². The zero-order valence-electron chi connectivity index (χ0n) is 18.1. The first-order valence-electron chi connectivity index (χ1n) is 11.0. The average molecular weight is 404 g/mol. The lowest BCUT2D eigenvalue weighted by Gasteiger charge is -2.04. The number of hydrogen-bond donors (Lipinski definition) is 3. The van der Waals surface area contributed by atoms with E-state index in [2.05, 4.69) is 78.2 Å². The molecule has 0 bridgehead atoms. The van der Waals surface area contributed by atoms with Gasteiger partial charge < -0.3 is 4.98 Å². The van der Waals surface area contributed by atoms with Crippen LogP contribution in [0, 0.1) is 6.92 Å². The number of para-hydroxylation sites is 1. The van der Waals surface area contributed by atoms with Crippen molar-refractivity contribution in [1.29, 1.82) is 0 Å². The molecular formula is C26H33N3O. The molecule has 3 N–H and O–H groups in total. The Morgan fingerprint density at radius 1 is 1.00 bits per heavy atom. The SMILES string of the molecule is CCCNNC(=O)/C=C/c1ccc(CCCCCc2c(C)[nH]c3ccccc23)cc1. The van der Waals surface area contributed by atoms with Gasteiger partial charge in [-0.2, -0.15) is 0 Å². The van der Waals surface area contributed by atoms with Gasteiger partial charge in [0, 0.05) is 29.2 Å². The number of nitrogens with one attached hydrogen (secondary N) is 3. The fourth-order valence-electron chi connectivity index (χ4n) is 3.75. The molecule has 158 valence electrons. The number of hydrazine groups is 1. The Bertz CT molecular complexity index is 970. The largest absolute Gasteiger partial charge is 0.358 e. The van der Waals surface area contributed by atoms with E-state index in [1.165, 1.54) is 47.0 Å². The normalized spacial score (nSPS) is 11.4. The first-order valence-corrected chi connectivity index (χ1v) is 11.0. The Kier molecular flexibility index (Phi) is 8.28. The van der Waals surface area contributed by atoms with Crippen molar-refractivity contribution in [3.05, 3.63) is 77.0 Å². The third-order valence-electron chi connectivity index (χ3n) is 5.41. The number of benzene rings is 2. The highest BCUT2D eigenvalue weighted by Gasteiger charge is 2.07. The molecule has 0 aliphatic heterocycles. The van der Waals surface area contributed by atoms with Crippen LogP contribution in [0.3, 0.4) is 0 Å². The Morgan fingerprint density at radius 2 is 1.77 bits per heavy atom. The third-order valence-corrected chi connectivity index (χ3v) is 5.41. The van der Waals surface area contributed by atoms with E-state index in [-0.39, 0.29) is 5.91 Å². The summed E-state index contributed by atoms with van der Waals surface area (Å²) in [5, 5.41) is 1.37. The van der Waals surface area contributed by atoms with Crippen molar-refractivity contribution in [3.8, 4) is 0 Å². The number of amides is 1. The second-order valence-electron chi connectivity index (χ2n) is 7.83. The van der Waals surface area contributed by atoms with Crippen molar-refractivity contribution < 1.29 is 4.79 Å². The summed E-state index contributed by atoms with van der Waals surface area (Å²) in [7, 11) is 0. The lowest BCUT2D eigenvalue weighted by molar-refractivity contribution is -0.117. The predicted octanol–water partition coefficient (Wildman–Crippen LogP) is 5.48. The van der Waals surface area contributed by atoms with Gasteiger partial charge in [0.05, 0.1) is 0 Å². The van der Waals surface area contributed by atoms with Crippen molar-refractivity contribution in [1.82, 2.24) is 15.8 Å². The number of fused-ring (bicyclic) bond motifs is 1. The standard InChI is InChI=1S/C26H33N3O/c1-3-19-27-29-26(30)18-17-22-15-13-21(14-16-22)9-5-4-6-10-23-20(2)28-25-12-8-7-11-24(23)25/h7-8,11-18,27-28H,3-6,9-10,19H2,1-2H3,(H,29,30)/b18-17+. The number of rotatable bonds is 11. The molecule has 0 aliphatic carbocycles. The van der Waals surface area contributed by atoms with Crippen molar-refractivity contribution >= 4 is 22.9 Å². The van der Waals surface area contributed by atoms with E-state index >= 15 is 0 Å². The van der Waals surface area contributed by atoms with E-state index in [4.69, 9.17) is 0 Å². The van der Waals surface area contributed by atoms with Crippen LogP contribution in [-0.2, 0) is 17.6 Å². The molecule has 3 aromatic rings. The van der Waals surface area contributed by atoms with Gasteiger partial charge >= 0.3 is 0 Å². The number of carbonyl (C=O) groups excluding carboxylic acids is 1. The van der Waals surface area contributed by atoms with Gasteiger partial charge in [0.15, 0.2) is 0 Å². The van der Waals surface area contributed by atoms with Gasteiger partial charge in [0.25, 0.3) is 5.91 Å². The summed E-state index contributed by atoms with van der Waals surface area (Å²) in [4.78, 5) is 15.2. The summed E-state index contributed by atoms with van der Waals surface area (Å²) in [6, 6.07) is 17.1. The molecule has 0 radical (unpaired) electrons. The van der Waals surface area contributed by atoms with E-state index in [0.717, 1.165) is 31.4 Å². The molecule has 0 saturated heterocycles. The summed E-state index contributed by atoms with van der Waals surface area (Å²) in [6.07, 6.45) is 10.3. The minimum absolute atomic E-state index is 0.127. The number of H-pyrrole nitrogens is 1. The molecule has 0 aliphatic rings. The molecule has 1 aromatic heterocycles. The Hall–Kier alpha value is -2.85. The molecule has 3 rings (SSSR count). The van der Waals surface area contributed by atoms with E-state index in [1.807, 2.05) is 6.08 Å². The van der Waals surface area contributed by atoms with Crippen LogP contribution < -0.4 is 10.9 Å². The first-order chi connectivity index (χ1) is 14.7. The van der Waals surface area contributed by atoms with Crippen LogP contribution in [0.4, 0.5) is 0 Å². The predicted molar refractivity (Wildman–Crippen MR) is 126 cm³/mol. The molecule has 30 heavy (non-hydrogen) atoms. The Labute approximate surface area is 179 Å². The molecule has 0 saturated carbocycles. The van der Waals surface area contributed by atoms with Gasteiger partial charge in [-0.1, -0.05) is 55.8 Å². The quantitative estimate of drug-likeness (QED) is 0.226. The zero-order valence-corrected chi connectivity index (χ0v) is 18.1. The van der Waals surface area contributed by atoms with Gasteiger partial charge in [0.2, 0.25) is 0 Å². The molecule has 0 atom stereocenters. The summed E-state index contributed by atoms with van der Waals surface area (Å²) >= 11 is 0. The van der Waals surface area contributed by atoms with Crippen LogP contribution in [0.25, 0.3) is 17.0 Å². The Morgan fingerprint density at radius 3 is 2.57 bits per heavy atom. The van der Waals surface area contributed by atoms with Crippen molar-refractivity contribution in [2.45, 2.75) is 52.4 Å². The number of carbonyl (C=O) groups is 1. The van der Waals surface area contributed by atoms with Gasteiger partial charge in [-0.25, -0.2) is 5.43 Å². The molecule has 0 fully saturated rings. The maximum absolute atomic E-state index is 11.7. The molecule has 0 unspecified atom stereocenters. The number of hydrogen-bond acceptors (Lipinski definition) is 2. The van der Waals surface area contributed by atoms with Crippen molar-refractivity contribution in [3.63, 3.8) is 0 Å². The minimum atomic E-state index is -0.127. The summed E-state index contributed by atoms with van der Waals surface area (Å²) in [6.45, 7) is 5.01. The topological polar surface area (TPSA) is 56.9 Å². The smallest absolute Gasteiger partial charge is 0.258 e. The van der Waals surface area contributed by atoms with E-state index in [1.54, 1.807) is 6.08 Å². The summed E-state index contributed by atoms with van der Waals surface area (Å²) < 4.78 is 0. The minimum Gasteiger partial charge on any atom is -0.358 e. The molecule has 4 nitrogen and oxygen atoms in total. The van der Waals surface area contributed by atoms with E-state index in [0.29, 0.717) is 0 Å². The van der Waals surface area contributed by atoms with Crippen LogP contribution in [0.1, 0.15) is 55.0 Å². The molecule has 1 amide bonds. The highest BCUT2D eigenvalue weighted by atomic mass is 16.2. The molecule has 0 spiro atoms. The summed E-state index contributed by atoms with van der Waals surface area (Å²) in [5.41, 5.74) is 11.9. The maximum Gasteiger partial charge on any atom is 0.258 e. The second kappa shape index (κ2) is 11.4. The monoisotopic (exact) mass is 403 g/mol. The van der Waals surface area contributed by atoms with Crippen LogP contribution in [-0.4, -0.2) is 17.4 Å². The Balaban J connectivity index is 1.39. The lowest BCUT2D eigenvalue weighted by atomic mass is 10.0. The zero-order chi connectivity index (χ0) is 21.2. The first kappa shape index (κ1) is 21.8. The van der Waals surface area contributed by atoms with Crippen molar-refractivity contribution in [2.24, 2.45) is 0 Å². The fraction of sp³-hybridized carbons (Fsp3) is 0.346. The molecule has 4 heteroatoms. The van der Waals surface area contributed by atoms with Gasteiger partial charge in [-0.15, -0.1) is 0 Å². The number of aromatic amines is 1. The van der Waals surface area contributed by atoms with Crippen LogP contribution in [0.15, 0.2) is 54.6 Å². The van der Waals surface area contributed by atoms with Crippen LogP contribution in [0.2, 0.25) is 0 Å². The molecule has 1 heterocycles. The molecular weight excluding hydrogens is 370 g/mol. The van der Waals surface area contributed by atoms with Crippen molar-refractivity contribution in [2.75, 3.05) is 6.54 Å². The highest BCUT2D eigenvalue weighted by Crippen LogP contribution is 2.23.